The number of hydrogen-bond acceptors (Lipinski definition) is 2. The van der Waals surface area contributed by atoms with E-state index in [1.807, 2.05) is 0 Å². The normalized spacial score (nSPS) is 31.5. The molecular formula is C7H11O3Tl. The summed E-state index contributed by atoms with van der Waals surface area (Å²) >= 11 is 0.589. The Hall–Kier alpha value is 0.352. The second-order valence-electron chi connectivity index (χ2n) is 2.95. The second kappa shape index (κ2) is 4.40. The average molecular weight is 348 g/mol. The maximum absolute atomic E-state index is 10.5. The molecule has 0 aromatic rings. The number of carbonyl (C=O) groups is 1. The Kier molecular flexibility index (Phi) is 3.77. The predicted octanol–water partition coefficient (Wildman–Crippen LogP) is 0.730. The number of carboxylic acids is 1. The fourth-order valence-electron chi connectivity index (χ4n) is 1.45. The van der Waals surface area contributed by atoms with Crippen LogP contribution in [0, 0.1) is 5.92 Å². The van der Waals surface area contributed by atoms with E-state index in [1.54, 1.807) is 0 Å². The first kappa shape index (κ1) is 9.44. The van der Waals surface area contributed by atoms with Gasteiger partial charge in [0.1, 0.15) is 0 Å². The molecular weight excluding hydrogens is 336 g/mol. The van der Waals surface area contributed by atoms with Crippen LogP contribution < -0.4 is 0 Å². The van der Waals surface area contributed by atoms with Crippen LogP contribution in [0.5, 0.6) is 0 Å². The summed E-state index contributed by atoms with van der Waals surface area (Å²) in [6, 6.07) is 0. The summed E-state index contributed by atoms with van der Waals surface area (Å²) < 4.78 is 5.29. The van der Waals surface area contributed by atoms with E-state index in [4.69, 9.17) is 7.79 Å². The van der Waals surface area contributed by atoms with Crippen LogP contribution in [0.3, 0.4) is 0 Å². The van der Waals surface area contributed by atoms with Crippen molar-refractivity contribution in [1.82, 2.24) is 0 Å². The standard InChI is InChI=1S/C7H11O3.Tl/c8-6-3-1-5(2-4-6)7(9)10;/h5-6H,1-4H2,(H,9,10);/q-1;+1. The molecule has 1 aliphatic carbocycles. The molecule has 0 atom stereocenters. The van der Waals surface area contributed by atoms with Gasteiger partial charge in [0.2, 0.25) is 0 Å². The first-order valence-corrected chi connectivity index (χ1v) is 5.65. The molecule has 3 nitrogen and oxygen atoms in total. The van der Waals surface area contributed by atoms with Gasteiger partial charge in [0, 0.05) is 0 Å². The van der Waals surface area contributed by atoms with Crippen LogP contribution in [0.15, 0.2) is 0 Å². The Morgan fingerprint density at radius 2 is 1.91 bits per heavy atom. The molecule has 1 N–H and O–H groups in total. The van der Waals surface area contributed by atoms with Crippen LogP contribution in [-0.4, -0.2) is 43.4 Å². The minimum absolute atomic E-state index is 0.105. The molecule has 0 heterocycles. The van der Waals surface area contributed by atoms with Crippen molar-refractivity contribution < 1.29 is 12.6 Å². The summed E-state index contributed by atoms with van der Waals surface area (Å²) in [4.78, 5) is 10.5. The molecule has 0 aromatic carbocycles. The van der Waals surface area contributed by atoms with E-state index in [9.17, 15) is 4.79 Å². The molecule has 1 aliphatic rings. The Balaban J connectivity index is 2.30. The molecule has 1 rings (SSSR count). The Morgan fingerprint density at radius 1 is 1.36 bits per heavy atom. The molecule has 0 unspecified atom stereocenters. The third-order valence-electron chi connectivity index (χ3n) is 2.22. The SMILES string of the molecule is O=C(O)C1CCC([O][Tl])CC1. The van der Waals surface area contributed by atoms with E-state index in [0.29, 0.717) is 32.3 Å². The third kappa shape index (κ3) is 2.70. The topological polar surface area (TPSA) is 46.5 Å². The van der Waals surface area contributed by atoms with Gasteiger partial charge in [0.25, 0.3) is 0 Å². The first-order chi connectivity index (χ1) is 5.24. The van der Waals surface area contributed by atoms with E-state index in [0.717, 1.165) is 25.7 Å². The van der Waals surface area contributed by atoms with Crippen molar-refractivity contribution in [2.45, 2.75) is 31.8 Å². The zero-order valence-corrected chi connectivity index (χ0v) is 10.8. The van der Waals surface area contributed by atoms with E-state index in [-0.39, 0.29) is 5.92 Å². The number of aliphatic carboxylic acids is 1. The monoisotopic (exact) mass is 348 g/mol. The van der Waals surface area contributed by atoms with Gasteiger partial charge in [0.15, 0.2) is 0 Å². The number of rotatable bonds is 2. The van der Waals surface area contributed by atoms with Gasteiger partial charge >= 0.3 is 82.5 Å². The molecule has 0 aliphatic heterocycles. The molecule has 0 radical (unpaired) electrons. The number of hydrogen-bond donors (Lipinski definition) is 1. The average Bonchev–Trinajstić information content (AvgIpc) is 2.05. The van der Waals surface area contributed by atoms with E-state index in [1.165, 1.54) is 0 Å². The summed E-state index contributed by atoms with van der Waals surface area (Å²) in [6.45, 7) is 0. The van der Waals surface area contributed by atoms with E-state index in [2.05, 4.69) is 0 Å². The first-order valence-electron chi connectivity index (χ1n) is 3.82. The van der Waals surface area contributed by atoms with Crippen molar-refractivity contribution in [3.05, 3.63) is 0 Å². The van der Waals surface area contributed by atoms with Crippen molar-refractivity contribution in [2.75, 3.05) is 0 Å². The van der Waals surface area contributed by atoms with Gasteiger partial charge in [-0.25, -0.2) is 0 Å². The zero-order valence-electron chi connectivity index (χ0n) is 6.32. The minimum atomic E-state index is -0.640. The van der Waals surface area contributed by atoms with Gasteiger partial charge in [-0.1, -0.05) is 0 Å². The van der Waals surface area contributed by atoms with Crippen LogP contribution in [0.2, 0.25) is 0 Å². The summed E-state index contributed by atoms with van der Waals surface area (Å²) in [7, 11) is 0. The van der Waals surface area contributed by atoms with Crippen molar-refractivity contribution in [3.63, 3.8) is 0 Å². The Morgan fingerprint density at radius 3 is 2.27 bits per heavy atom. The quantitative estimate of drug-likeness (QED) is 0.749. The van der Waals surface area contributed by atoms with E-state index >= 15 is 0 Å². The van der Waals surface area contributed by atoms with Gasteiger partial charge in [-0.05, 0) is 0 Å². The summed E-state index contributed by atoms with van der Waals surface area (Å²) in [5.41, 5.74) is 0. The molecule has 0 aromatic heterocycles. The van der Waals surface area contributed by atoms with Crippen molar-refractivity contribution in [1.29, 1.82) is 0 Å². The molecule has 11 heavy (non-hydrogen) atoms. The molecule has 1 saturated carbocycles. The molecule has 4 heteroatoms. The van der Waals surface area contributed by atoms with Gasteiger partial charge in [-0.3, -0.25) is 0 Å². The van der Waals surface area contributed by atoms with Crippen LogP contribution in [0.25, 0.3) is 0 Å². The second-order valence-corrected chi connectivity index (χ2v) is 4.01. The number of carboxylic acid groups (broad SMARTS) is 1. The van der Waals surface area contributed by atoms with Gasteiger partial charge in [0.05, 0.1) is 0 Å². The summed E-state index contributed by atoms with van der Waals surface area (Å²) in [5, 5.41) is 8.67. The van der Waals surface area contributed by atoms with E-state index < -0.39 is 5.97 Å². The van der Waals surface area contributed by atoms with Crippen molar-refractivity contribution in [3.8, 4) is 0 Å². The fourth-order valence-corrected chi connectivity index (χ4v) is 2.50. The third-order valence-corrected chi connectivity index (χ3v) is 3.71. The maximum atomic E-state index is 10.5. The molecule has 0 bridgehead atoms. The zero-order chi connectivity index (χ0) is 8.27. The molecule has 0 saturated heterocycles. The van der Waals surface area contributed by atoms with Crippen molar-refractivity contribution in [2.24, 2.45) is 5.92 Å². The van der Waals surface area contributed by atoms with Gasteiger partial charge in [-0.15, -0.1) is 0 Å². The Labute approximate surface area is 82.5 Å². The van der Waals surface area contributed by atoms with Crippen LogP contribution in [-0.2, 0) is 7.48 Å². The van der Waals surface area contributed by atoms with Crippen molar-refractivity contribution >= 4 is 32.2 Å². The van der Waals surface area contributed by atoms with Crippen LogP contribution in [0.4, 0.5) is 0 Å². The molecule has 1 fully saturated rings. The Bertz CT molecular complexity index is 141. The summed E-state index contributed by atoms with van der Waals surface area (Å²) in [5.74, 6) is -0.745. The predicted molar refractivity (Wildman–Crippen MR) is 40.2 cm³/mol. The molecule has 60 valence electrons. The van der Waals surface area contributed by atoms with Gasteiger partial charge in [-0.2, -0.15) is 0 Å². The van der Waals surface area contributed by atoms with Crippen LogP contribution in [0.1, 0.15) is 25.7 Å². The molecule has 0 spiro atoms. The summed E-state index contributed by atoms with van der Waals surface area (Å²) in [6.07, 6.45) is 3.84. The van der Waals surface area contributed by atoms with Gasteiger partial charge < -0.3 is 0 Å². The fraction of sp³-hybridized carbons (Fsp3) is 0.857. The molecule has 0 amide bonds. The van der Waals surface area contributed by atoms with Crippen LogP contribution >= 0.6 is 0 Å².